The first kappa shape index (κ1) is 23.9. The molecule has 0 amide bonds. The van der Waals surface area contributed by atoms with Crippen molar-refractivity contribution in [2.45, 2.75) is 92.2 Å². The van der Waals surface area contributed by atoms with E-state index in [1.807, 2.05) is 0 Å². The lowest BCUT2D eigenvalue weighted by Crippen LogP contribution is -2.20. The Balaban J connectivity index is 0. The van der Waals surface area contributed by atoms with Crippen LogP contribution in [0.15, 0.2) is 0 Å². The summed E-state index contributed by atoms with van der Waals surface area (Å²) >= 11 is 0. The van der Waals surface area contributed by atoms with Gasteiger partial charge in [-0.05, 0) is 25.7 Å². The van der Waals surface area contributed by atoms with Crippen LogP contribution in [0, 0.1) is 0 Å². The fourth-order valence-electron chi connectivity index (χ4n) is 2.64. The van der Waals surface area contributed by atoms with E-state index < -0.39 is 16.3 Å². The molecule has 0 aromatic rings. The summed E-state index contributed by atoms with van der Waals surface area (Å²) in [6.07, 6.45) is 17.9. The summed E-state index contributed by atoms with van der Waals surface area (Å²) in [7, 11) is -1.69. The molecular weight excluding hydrogens is 291 g/mol. The zero-order valence-electron chi connectivity index (χ0n) is 15.8. The number of hydrogen-bond donors (Lipinski definition) is 0. The van der Waals surface area contributed by atoms with E-state index in [1.54, 1.807) is 37.7 Å². The van der Waals surface area contributed by atoms with Gasteiger partial charge in [0, 0.05) is 7.26 Å². The van der Waals surface area contributed by atoms with Gasteiger partial charge in [0.15, 0.2) is 0 Å². The Hall–Kier alpha value is 0.607. The predicted octanol–water partition coefficient (Wildman–Crippen LogP) is 5.80. The van der Waals surface area contributed by atoms with E-state index in [2.05, 4.69) is 27.7 Å². The summed E-state index contributed by atoms with van der Waals surface area (Å²) in [5, 5.41) is 0. The molecule has 0 heterocycles. The van der Waals surface area contributed by atoms with Crippen LogP contribution in [0.4, 0.5) is 0 Å². The highest BCUT2D eigenvalue weighted by atomic mass is 31.2. The molecule has 0 aromatic heterocycles. The highest BCUT2D eigenvalue weighted by molar-refractivity contribution is 7.75. The van der Waals surface area contributed by atoms with Crippen LogP contribution in [-0.4, -0.2) is 33.7 Å². The van der Waals surface area contributed by atoms with E-state index in [9.17, 15) is 4.80 Å². The first-order chi connectivity index (χ1) is 9.97. The lowest BCUT2D eigenvalue weighted by molar-refractivity contribution is -0.190. The van der Waals surface area contributed by atoms with Gasteiger partial charge in [0.25, 0.3) is 0 Å². The fraction of sp³-hybridized carbons (Fsp3) is 1.00. The van der Waals surface area contributed by atoms with Gasteiger partial charge in [-0.3, -0.25) is 0 Å². The second-order valence-electron chi connectivity index (χ2n) is 6.56. The molecule has 0 unspecified atom stereocenters. The molecule has 0 rings (SSSR count). The van der Waals surface area contributed by atoms with Crippen molar-refractivity contribution in [3.8, 4) is 0 Å². The smallest absolute Gasteiger partial charge is 0.0594 e. The molecular formula is C18H42OPSi. The first-order valence-electron chi connectivity index (χ1n) is 9.30. The van der Waals surface area contributed by atoms with Gasteiger partial charge in [-0.2, -0.15) is 0 Å². The molecule has 0 saturated heterocycles. The van der Waals surface area contributed by atoms with Crippen molar-refractivity contribution in [2.24, 2.45) is 0 Å². The maximum Gasteiger partial charge on any atom is 0.0594 e. The van der Waals surface area contributed by atoms with Gasteiger partial charge in [0.05, 0.1) is 24.6 Å². The summed E-state index contributed by atoms with van der Waals surface area (Å²) in [6, 6.07) is 0. The minimum atomic E-state index is -1.13. The monoisotopic (exact) mass is 333 g/mol. The number of hydrogen-bond acceptors (Lipinski definition) is 1. The number of rotatable bonds is 12. The molecule has 129 valence electrons. The molecule has 0 N–H and O–H groups in total. The Morgan fingerprint density at radius 3 is 0.952 bits per heavy atom. The fourth-order valence-corrected chi connectivity index (χ4v) is 7.93. The molecule has 0 fully saturated rings. The van der Waals surface area contributed by atoms with Gasteiger partial charge in [-0.15, -0.1) is 0 Å². The third kappa shape index (κ3) is 16.8. The van der Waals surface area contributed by atoms with Crippen LogP contribution < -0.4 is 4.80 Å². The molecule has 0 aliphatic rings. The summed E-state index contributed by atoms with van der Waals surface area (Å²) in [6.45, 7) is 12.8. The lowest BCUT2D eigenvalue weighted by Gasteiger charge is -2.28. The van der Waals surface area contributed by atoms with Crippen molar-refractivity contribution in [1.82, 2.24) is 0 Å². The summed E-state index contributed by atoms with van der Waals surface area (Å²) < 4.78 is 0. The SMILES string of the molecule is CCCC[P+](CCCC)(CCCC)CCCC.C[Si](C)[O-]. The van der Waals surface area contributed by atoms with Crippen molar-refractivity contribution in [3.05, 3.63) is 0 Å². The first-order valence-corrected chi connectivity index (χ1v) is 14.2. The van der Waals surface area contributed by atoms with Crippen LogP contribution in [0.3, 0.4) is 0 Å². The molecule has 1 radical (unpaired) electrons. The van der Waals surface area contributed by atoms with Crippen LogP contribution in [0.1, 0.15) is 79.1 Å². The standard InChI is InChI=1S/C16H36P.C2H6OSi/c1-5-9-13-17(14-10-6-2,15-11-7-3)16-12-8-4;1-4(2)3/h5-16H2,1-4H3;1-2H3/q+1;-1. The van der Waals surface area contributed by atoms with E-state index in [0.29, 0.717) is 0 Å². The zero-order valence-corrected chi connectivity index (χ0v) is 17.7. The summed E-state index contributed by atoms with van der Waals surface area (Å²) in [4.78, 5) is 9.63. The third-order valence-electron chi connectivity index (χ3n) is 3.94. The summed E-state index contributed by atoms with van der Waals surface area (Å²) in [5.41, 5.74) is 0. The molecule has 0 bridgehead atoms. The van der Waals surface area contributed by atoms with Gasteiger partial charge < -0.3 is 4.80 Å². The van der Waals surface area contributed by atoms with E-state index in [-0.39, 0.29) is 0 Å². The minimum Gasteiger partial charge on any atom is -0.861 e. The summed E-state index contributed by atoms with van der Waals surface area (Å²) in [5.74, 6) is 0. The minimum absolute atomic E-state index is 0.562. The van der Waals surface area contributed by atoms with Gasteiger partial charge in [-0.1, -0.05) is 75.5 Å². The Bertz CT molecular complexity index is 157. The van der Waals surface area contributed by atoms with Crippen LogP contribution in [0.5, 0.6) is 0 Å². The van der Waals surface area contributed by atoms with Crippen molar-refractivity contribution in [3.63, 3.8) is 0 Å². The molecule has 0 saturated carbocycles. The average Bonchev–Trinajstić information content (AvgIpc) is 2.45. The van der Waals surface area contributed by atoms with Crippen LogP contribution in [-0.2, 0) is 0 Å². The molecule has 0 aliphatic carbocycles. The van der Waals surface area contributed by atoms with Crippen molar-refractivity contribution in [1.29, 1.82) is 0 Å². The lowest BCUT2D eigenvalue weighted by atomic mass is 10.4. The molecule has 1 nitrogen and oxygen atoms in total. The van der Waals surface area contributed by atoms with Gasteiger partial charge in [0.1, 0.15) is 0 Å². The molecule has 21 heavy (non-hydrogen) atoms. The topological polar surface area (TPSA) is 23.1 Å². The zero-order chi connectivity index (χ0) is 16.6. The van der Waals surface area contributed by atoms with E-state index >= 15 is 0 Å². The van der Waals surface area contributed by atoms with Crippen LogP contribution >= 0.6 is 7.26 Å². The number of unbranched alkanes of at least 4 members (excludes halogenated alkanes) is 4. The molecule has 0 spiro atoms. The van der Waals surface area contributed by atoms with Crippen molar-refractivity contribution >= 4 is 16.3 Å². The van der Waals surface area contributed by atoms with E-state index in [4.69, 9.17) is 0 Å². The Labute approximate surface area is 138 Å². The van der Waals surface area contributed by atoms with Gasteiger partial charge >= 0.3 is 0 Å². The second kappa shape index (κ2) is 17.0. The van der Waals surface area contributed by atoms with Gasteiger partial charge in [-0.25, -0.2) is 0 Å². The maximum absolute atomic E-state index is 9.63. The molecule has 0 aromatic carbocycles. The molecule has 3 heteroatoms. The largest absolute Gasteiger partial charge is 0.861 e. The third-order valence-corrected chi connectivity index (χ3v) is 9.00. The van der Waals surface area contributed by atoms with Crippen molar-refractivity contribution < 1.29 is 4.80 Å². The second-order valence-corrected chi connectivity index (χ2v) is 12.8. The Morgan fingerprint density at radius 2 is 0.810 bits per heavy atom. The highest BCUT2D eigenvalue weighted by Crippen LogP contribution is 2.61. The van der Waals surface area contributed by atoms with E-state index in [1.165, 1.54) is 51.4 Å². The molecule has 0 aliphatic heterocycles. The maximum atomic E-state index is 9.63. The van der Waals surface area contributed by atoms with Crippen molar-refractivity contribution in [2.75, 3.05) is 24.6 Å². The predicted molar refractivity (Wildman–Crippen MR) is 104 cm³/mol. The Kier molecular flexibility index (Phi) is 19.3. The normalized spacial score (nSPS) is 11.4. The highest BCUT2D eigenvalue weighted by Gasteiger charge is 2.34. The Morgan fingerprint density at radius 1 is 0.619 bits per heavy atom. The quantitative estimate of drug-likeness (QED) is 0.327. The van der Waals surface area contributed by atoms with Gasteiger partial charge in [0.2, 0.25) is 0 Å². The average molecular weight is 334 g/mol. The van der Waals surface area contributed by atoms with E-state index in [0.717, 1.165) is 0 Å². The van der Waals surface area contributed by atoms with Crippen LogP contribution in [0.2, 0.25) is 13.1 Å². The molecule has 0 atom stereocenters. The van der Waals surface area contributed by atoms with Crippen LogP contribution in [0.25, 0.3) is 0 Å².